The summed E-state index contributed by atoms with van der Waals surface area (Å²) < 4.78 is 14.8. The van der Waals surface area contributed by atoms with Crippen LogP contribution in [0.2, 0.25) is 0 Å². The van der Waals surface area contributed by atoms with Gasteiger partial charge in [0.15, 0.2) is 0 Å². The summed E-state index contributed by atoms with van der Waals surface area (Å²) in [4.78, 5) is 4.39. The fourth-order valence-corrected chi connectivity index (χ4v) is 1.71. The molecule has 1 N–H and O–H groups in total. The SMILES string of the molecule is CCn1cc(C)nc1NCc1ccc(F)cc1. The zero-order valence-corrected chi connectivity index (χ0v) is 10.1. The van der Waals surface area contributed by atoms with Crippen LogP contribution >= 0.6 is 0 Å². The number of anilines is 1. The van der Waals surface area contributed by atoms with Crippen LogP contribution in [0.3, 0.4) is 0 Å². The topological polar surface area (TPSA) is 29.9 Å². The molecule has 0 saturated carbocycles. The van der Waals surface area contributed by atoms with E-state index in [2.05, 4.69) is 21.8 Å². The van der Waals surface area contributed by atoms with Gasteiger partial charge in [-0.2, -0.15) is 0 Å². The predicted molar refractivity (Wildman–Crippen MR) is 66.4 cm³/mol. The highest BCUT2D eigenvalue weighted by atomic mass is 19.1. The van der Waals surface area contributed by atoms with Gasteiger partial charge in [-0.15, -0.1) is 0 Å². The first kappa shape index (κ1) is 11.6. The van der Waals surface area contributed by atoms with E-state index in [0.29, 0.717) is 6.54 Å². The number of halogens is 1. The van der Waals surface area contributed by atoms with Crippen molar-refractivity contribution in [2.75, 3.05) is 5.32 Å². The molecule has 0 unspecified atom stereocenters. The fourth-order valence-electron chi connectivity index (χ4n) is 1.71. The summed E-state index contributed by atoms with van der Waals surface area (Å²) in [7, 11) is 0. The third-order valence-corrected chi connectivity index (χ3v) is 2.60. The maximum absolute atomic E-state index is 12.7. The molecule has 17 heavy (non-hydrogen) atoms. The molecule has 0 amide bonds. The molecule has 4 heteroatoms. The van der Waals surface area contributed by atoms with E-state index in [1.54, 1.807) is 12.1 Å². The second-order valence-electron chi connectivity index (χ2n) is 3.97. The Hall–Kier alpha value is -1.84. The summed E-state index contributed by atoms with van der Waals surface area (Å²) in [6.45, 7) is 5.57. The molecule has 2 aromatic rings. The molecule has 3 nitrogen and oxygen atoms in total. The Morgan fingerprint density at radius 1 is 1.29 bits per heavy atom. The molecule has 0 atom stereocenters. The van der Waals surface area contributed by atoms with Crippen LogP contribution in [0.25, 0.3) is 0 Å². The van der Waals surface area contributed by atoms with Crippen molar-refractivity contribution in [3.63, 3.8) is 0 Å². The summed E-state index contributed by atoms with van der Waals surface area (Å²) in [5.74, 6) is 0.647. The van der Waals surface area contributed by atoms with Crippen molar-refractivity contribution in [3.8, 4) is 0 Å². The summed E-state index contributed by atoms with van der Waals surface area (Å²) >= 11 is 0. The molecule has 2 rings (SSSR count). The van der Waals surface area contributed by atoms with Gasteiger partial charge < -0.3 is 9.88 Å². The number of nitrogens with zero attached hydrogens (tertiary/aromatic N) is 2. The average Bonchev–Trinajstić information content (AvgIpc) is 2.69. The van der Waals surface area contributed by atoms with Crippen molar-refractivity contribution in [2.45, 2.75) is 26.9 Å². The Labute approximate surface area is 100 Å². The van der Waals surface area contributed by atoms with Crippen LogP contribution in [-0.4, -0.2) is 9.55 Å². The van der Waals surface area contributed by atoms with E-state index >= 15 is 0 Å². The lowest BCUT2D eigenvalue weighted by Gasteiger charge is -2.07. The van der Waals surface area contributed by atoms with E-state index in [0.717, 1.165) is 23.8 Å². The molecule has 1 heterocycles. The highest BCUT2D eigenvalue weighted by molar-refractivity contribution is 5.31. The molecule has 0 aliphatic rings. The zero-order valence-electron chi connectivity index (χ0n) is 10.1. The first-order chi connectivity index (χ1) is 8.19. The largest absolute Gasteiger partial charge is 0.352 e. The standard InChI is InChI=1S/C13H16FN3/c1-3-17-9-10(2)16-13(17)15-8-11-4-6-12(14)7-5-11/h4-7,9H,3,8H2,1-2H3,(H,15,16). The molecule has 0 spiro atoms. The summed E-state index contributed by atoms with van der Waals surface area (Å²) in [6, 6.07) is 6.48. The highest BCUT2D eigenvalue weighted by Crippen LogP contribution is 2.10. The minimum Gasteiger partial charge on any atom is -0.352 e. The lowest BCUT2D eigenvalue weighted by molar-refractivity contribution is 0.627. The second-order valence-corrected chi connectivity index (χ2v) is 3.97. The van der Waals surface area contributed by atoms with Crippen LogP contribution in [0.1, 0.15) is 18.2 Å². The van der Waals surface area contributed by atoms with Gasteiger partial charge in [0.1, 0.15) is 5.82 Å². The smallest absolute Gasteiger partial charge is 0.203 e. The number of nitrogens with one attached hydrogen (secondary N) is 1. The lowest BCUT2D eigenvalue weighted by atomic mass is 10.2. The number of aryl methyl sites for hydroxylation is 2. The van der Waals surface area contributed by atoms with Gasteiger partial charge in [-0.05, 0) is 31.5 Å². The van der Waals surface area contributed by atoms with E-state index in [-0.39, 0.29) is 5.82 Å². The molecule has 0 radical (unpaired) electrons. The van der Waals surface area contributed by atoms with E-state index in [1.807, 2.05) is 13.1 Å². The molecule has 0 fully saturated rings. The van der Waals surface area contributed by atoms with Crippen molar-refractivity contribution >= 4 is 5.95 Å². The van der Waals surface area contributed by atoms with Gasteiger partial charge >= 0.3 is 0 Å². The molecular weight excluding hydrogens is 217 g/mol. The Kier molecular flexibility index (Phi) is 3.42. The summed E-state index contributed by atoms with van der Waals surface area (Å²) in [6.07, 6.45) is 2.01. The minimum atomic E-state index is -0.209. The predicted octanol–water partition coefficient (Wildman–Crippen LogP) is 2.96. The maximum atomic E-state index is 12.7. The third-order valence-electron chi connectivity index (χ3n) is 2.60. The summed E-state index contributed by atoms with van der Waals surface area (Å²) in [5, 5.41) is 3.25. The van der Waals surface area contributed by atoms with Crippen LogP contribution in [-0.2, 0) is 13.1 Å². The molecule has 1 aromatic carbocycles. The van der Waals surface area contributed by atoms with Gasteiger partial charge in [0.2, 0.25) is 5.95 Å². The van der Waals surface area contributed by atoms with Crippen LogP contribution in [0, 0.1) is 12.7 Å². The van der Waals surface area contributed by atoms with Crippen molar-refractivity contribution in [1.29, 1.82) is 0 Å². The molecule has 90 valence electrons. The number of rotatable bonds is 4. The maximum Gasteiger partial charge on any atom is 0.203 e. The van der Waals surface area contributed by atoms with Gasteiger partial charge in [-0.25, -0.2) is 9.37 Å². The first-order valence-corrected chi connectivity index (χ1v) is 5.71. The van der Waals surface area contributed by atoms with Gasteiger partial charge in [0.05, 0.1) is 5.69 Å². The van der Waals surface area contributed by atoms with Crippen molar-refractivity contribution < 1.29 is 4.39 Å². The van der Waals surface area contributed by atoms with E-state index in [4.69, 9.17) is 0 Å². The number of benzene rings is 1. The normalized spacial score (nSPS) is 10.5. The van der Waals surface area contributed by atoms with Crippen LogP contribution in [0.4, 0.5) is 10.3 Å². The van der Waals surface area contributed by atoms with Crippen molar-refractivity contribution in [1.82, 2.24) is 9.55 Å². The van der Waals surface area contributed by atoms with Crippen LogP contribution in [0.15, 0.2) is 30.5 Å². The number of hydrogen-bond acceptors (Lipinski definition) is 2. The van der Waals surface area contributed by atoms with Crippen molar-refractivity contribution in [3.05, 3.63) is 47.5 Å². The van der Waals surface area contributed by atoms with E-state index in [9.17, 15) is 4.39 Å². The van der Waals surface area contributed by atoms with E-state index < -0.39 is 0 Å². The summed E-state index contributed by atoms with van der Waals surface area (Å²) in [5.41, 5.74) is 2.03. The lowest BCUT2D eigenvalue weighted by Crippen LogP contribution is -2.06. The fraction of sp³-hybridized carbons (Fsp3) is 0.308. The first-order valence-electron chi connectivity index (χ1n) is 5.71. The number of hydrogen-bond donors (Lipinski definition) is 1. The van der Waals surface area contributed by atoms with Gasteiger partial charge in [-0.3, -0.25) is 0 Å². The third kappa shape index (κ3) is 2.84. The van der Waals surface area contributed by atoms with Crippen LogP contribution in [0.5, 0.6) is 0 Å². The molecule has 0 aliphatic heterocycles. The molecular formula is C13H16FN3. The number of aromatic nitrogens is 2. The highest BCUT2D eigenvalue weighted by Gasteiger charge is 2.03. The molecule has 0 aliphatic carbocycles. The average molecular weight is 233 g/mol. The molecule has 1 aromatic heterocycles. The van der Waals surface area contributed by atoms with Crippen LogP contribution < -0.4 is 5.32 Å². The Morgan fingerprint density at radius 2 is 2.00 bits per heavy atom. The van der Waals surface area contributed by atoms with Gasteiger partial charge in [0.25, 0.3) is 0 Å². The van der Waals surface area contributed by atoms with Gasteiger partial charge in [0, 0.05) is 19.3 Å². The molecule has 0 saturated heterocycles. The monoisotopic (exact) mass is 233 g/mol. The van der Waals surface area contributed by atoms with Crippen molar-refractivity contribution in [2.24, 2.45) is 0 Å². The Balaban J connectivity index is 2.04. The Morgan fingerprint density at radius 3 is 2.65 bits per heavy atom. The molecule has 0 bridgehead atoms. The van der Waals surface area contributed by atoms with E-state index in [1.165, 1.54) is 12.1 Å². The van der Waals surface area contributed by atoms with Gasteiger partial charge in [-0.1, -0.05) is 12.1 Å². The Bertz CT molecular complexity index is 488. The number of imidazole rings is 1. The quantitative estimate of drug-likeness (QED) is 0.879. The zero-order chi connectivity index (χ0) is 12.3. The minimum absolute atomic E-state index is 0.209. The second kappa shape index (κ2) is 4.99.